The number of esters is 1. The zero-order valence-electron chi connectivity index (χ0n) is 10.1. The van der Waals surface area contributed by atoms with Gasteiger partial charge in [0.2, 0.25) is 5.95 Å². The number of imidazole rings is 1. The second-order valence-electron chi connectivity index (χ2n) is 4.13. The average Bonchev–Trinajstić information content (AvgIpc) is 2.62. The third kappa shape index (κ3) is 1.84. The largest absolute Gasteiger partial charge is 0.465 e. The lowest BCUT2D eigenvalue weighted by Crippen LogP contribution is -2.06. The van der Waals surface area contributed by atoms with Crippen LogP contribution in [0.25, 0.3) is 11.0 Å². The Morgan fingerprint density at radius 1 is 1.47 bits per heavy atom. The van der Waals surface area contributed by atoms with Gasteiger partial charge in [0.05, 0.1) is 23.7 Å². The standard InChI is InChI=1S/C12H15N3O2/c1-7(2)15-10-6-8(11(16)17-3)4-5-9(10)14-12(15)13/h4-7H,1-3H3,(H2,13,14). The number of fused-ring (bicyclic) bond motifs is 1. The van der Waals surface area contributed by atoms with Crippen molar-refractivity contribution in [2.45, 2.75) is 19.9 Å². The molecule has 0 saturated heterocycles. The highest BCUT2D eigenvalue weighted by atomic mass is 16.5. The smallest absolute Gasteiger partial charge is 0.337 e. The van der Waals surface area contributed by atoms with Gasteiger partial charge in [-0.2, -0.15) is 0 Å². The first-order valence-electron chi connectivity index (χ1n) is 5.40. The Morgan fingerprint density at radius 2 is 2.18 bits per heavy atom. The minimum absolute atomic E-state index is 0.188. The molecule has 1 aromatic carbocycles. The molecule has 0 fully saturated rings. The summed E-state index contributed by atoms with van der Waals surface area (Å²) < 4.78 is 6.58. The van der Waals surface area contributed by atoms with E-state index in [4.69, 9.17) is 10.5 Å². The van der Waals surface area contributed by atoms with Crippen molar-refractivity contribution in [1.82, 2.24) is 9.55 Å². The first-order valence-corrected chi connectivity index (χ1v) is 5.40. The van der Waals surface area contributed by atoms with Crippen LogP contribution in [0, 0.1) is 0 Å². The van der Waals surface area contributed by atoms with Crippen molar-refractivity contribution in [3.8, 4) is 0 Å². The van der Waals surface area contributed by atoms with E-state index in [2.05, 4.69) is 4.98 Å². The monoisotopic (exact) mass is 233 g/mol. The maximum Gasteiger partial charge on any atom is 0.337 e. The maximum atomic E-state index is 11.5. The summed E-state index contributed by atoms with van der Waals surface area (Å²) in [5.41, 5.74) is 7.98. The van der Waals surface area contributed by atoms with Crippen LogP contribution in [0.1, 0.15) is 30.2 Å². The summed E-state index contributed by atoms with van der Waals surface area (Å²) in [5, 5.41) is 0. The zero-order valence-corrected chi connectivity index (χ0v) is 10.1. The van der Waals surface area contributed by atoms with Gasteiger partial charge in [-0.3, -0.25) is 0 Å². The Hall–Kier alpha value is -2.04. The molecule has 1 aromatic heterocycles. The topological polar surface area (TPSA) is 70.1 Å². The maximum absolute atomic E-state index is 11.5. The second kappa shape index (κ2) is 4.08. The van der Waals surface area contributed by atoms with E-state index >= 15 is 0 Å². The molecular formula is C12H15N3O2. The van der Waals surface area contributed by atoms with Crippen LogP contribution in [-0.4, -0.2) is 22.6 Å². The van der Waals surface area contributed by atoms with E-state index in [1.165, 1.54) is 7.11 Å². The van der Waals surface area contributed by atoms with E-state index in [1.807, 2.05) is 18.4 Å². The van der Waals surface area contributed by atoms with E-state index < -0.39 is 0 Å². The number of hydrogen-bond donors (Lipinski definition) is 1. The number of methoxy groups -OCH3 is 1. The lowest BCUT2D eigenvalue weighted by atomic mass is 10.2. The number of ether oxygens (including phenoxy) is 1. The number of benzene rings is 1. The summed E-state index contributed by atoms with van der Waals surface area (Å²) in [4.78, 5) is 15.7. The Balaban J connectivity index is 2.66. The molecule has 0 atom stereocenters. The minimum Gasteiger partial charge on any atom is -0.465 e. The third-order valence-electron chi connectivity index (χ3n) is 2.65. The quantitative estimate of drug-likeness (QED) is 0.805. The molecule has 5 heteroatoms. The Bertz CT molecular complexity index is 572. The number of hydrogen-bond acceptors (Lipinski definition) is 4. The molecule has 17 heavy (non-hydrogen) atoms. The molecule has 0 spiro atoms. The summed E-state index contributed by atoms with van der Waals surface area (Å²) in [6.07, 6.45) is 0. The van der Waals surface area contributed by atoms with Gasteiger partial charge in [0, 0.05) is 6.04 Å². The number of nitrogen functional groups attached to an aromatic ring is 1. The molecule has 0 aliphatic carbocycles. The van der Waals surface area contributed by atoms with Gasteiger partial charge in [0.15, 0.2) is 0 Å². The molecule has 1 heterocycles. The fourth-order valence-corrected chi connectivity index (χ4v) is 1.90. The van der Waals surface area contributed by atoms with Gasteiger partial charge in [-0.05, 0) is 32.0 Å². The summed E-state index contributed by atoms with van der Waals surface area (Å²) in [6, 6.07) is 5.40. The van der Waals surface area contributed by atoms with Crippen LogP contribution in [0.2, 0.25) is 0 Å². The molecular weight excluding hydrogens is 218 g/mol. The van der Waals surface area contributed by atoms with Crippen LogP contribution in [0.15, 0.2) is 18.2 Å². The number of carbonyl (C=O) groups is 1. The van der Waals surface area contributed by atoms with Crippen molar-refractivity contribution in [3.63, 3.8) is 0 Å². The van der Waals surface area contributed by atoms with Crippen LogP contribution in [0.3, 0.4) is 0 Å². The van der Waals surface area contributed by atoms with Crippen molar-refractivity contribution < 1.29 is 9.53 Å². The molecule has 2 rings (SSSR count). The number of carbonyl (C=O) groups excluding carboxylic acids is 1. The number of nitrogens with zero attached hydrogens (tertiary/aromatic N) is 2. The van der Waals surface area contributed by atoms with Gasteiger partial charge < -0.3 is 15.0 Å². The number of anilines is 1. The minimum atomic E-state index is -0.359. The molecule has 0 amide bonds. The third-order valence-corrected chi connectivity index (χ3v) is 2.65. The fraction of sp³-hybridized carbons (Fsp3) is 0.333. The summed E-state index contributed by atoms with van der Waals surface area (Å²) in [5.74, 6) is 0.0963. The molecule has 0 aliphatic heterocycles. The van der Waals surface area contributed by atoms with Crippen molar-refractivity contribution in [2.75, 3.05) is 12.8 Å². The summed E-state index contributed by atoms with van der Waals surface area (Å²) in [7, 11) is 1.36. The van der Waals surface area contributed by atoms with Crippen LogP contribution in [0.5, 0.6) is 0 Å². The molecule has 0 saturated carbocycles. The number of nitrogens with two attached hydrogens (primary N) is 1. The Morgan fingerprint density at radius 3 is 2.76 bits per heavy atom. The molecule has 0 unspecified atom stereocenters. The highest BCUT2D eigenvalue weighted by molar-refractivity contribution is 5.94. The average molecular weight is 233 g/mol. The molecule has 0 bridgehead atoms. The molecule has 0 aliphatic rings. The molecule has 2 N–H and O–H groups in total. The van der Waals surface area contributed by atoms with Gasteiger partial charge in [-0.1, -0.05) is 0 Å². The Kier molecular flexibility index (Phi) is 2.75. The van der Waals surface area contributed by atoms with Gasteiger partial charge in [0.1, 0.15) is 0 Å². The summed E-state index contributed by atoms with van der Waals surface area (Å²) in [6.45, 7) is 4.03. The molecule has 5 nitrogen and oxygen atoms in total. The highest BCUT2D eigenvalue weighted by Crippen LogP contribution is 2.23. The van der Waals surface area contributed by atoms with Gasteiger partial charge in [0.25, 0.3) is 0 Å². The van der Waals surface area contributed by atoms with Gasteiger partial charge in [-0.25, -0.2) is 9.78 Å². The van der Waals surface area contributed by atoms with Crippen LogP contribution < -0.4 is 5.73 Å². The first kappa shape index (κ1) is 11.4. The Labute approximate surface area is 99.2 Å². The second-order valence-corrected chi connectivity index (χ2v) is 4.13. The molecule has 90 valence electrons. The van der Waals surface area contributed by atoms with Crippen molar-refractivity contribution in [2.24, 2.45) is 0 Å². The lowest BCUT2D eigenvalue weighted by molar-refractivity contribution is 0.0601. The highest BCUT2D eigenvalue weighted by Gasteiger charge is 2.13. The number of aromatic nitrogens is 2. The van der Waals surface area contributed by atoms with E-state index in [1.54, 1.807) is 18.2 Å². The van der Waals surface area contributed by atoms with E-state index in [0.717, 1.165) is 11.0 Å². The fourth-order valence-electron chi connectivity index (χ4n) is 1.90. The SMILES string of the molecule is COC(=O)c1ccc2nc(N)n(C(C)C)c2c1. The van der Waals surface area contributed by atoms with Gasteiger partial charge in [-0.15, -0.1) is 0 Å². The summed E-state index contributed by atoms with van der Waals surface area (Å²) >= 11 is 0. The predicted octanol–water partition coefficient (Wildman–Crippen LogP) is 1.99. The van der Waals surface area contributed by atoms with Crippen LogP contribution >= 0.6 is 0 Å². The first-order chi connectivity index (χ1) is 8.04. The number of rotatable bonds is 2. The molecule has 0 radical (unpaired) electrons. The van der Waals surface area contributed by atoms with Crippen molar-refractivity contribution in [3.05, 3.63) is 23.8 Å². The van der Waals surface area contributed by atoms with Crippen LogP contribution in [0.4, 0.5) is 5.95 Å². The van der Waals surface area contributed by atoms with Gasteiger partial charge >= 0.3 is 5.97 Å². The predicted molar refractivity (Wildman–Crippen MR) is 65.9 cm³/mol. The molecule has 2 aromatic rings. The van der Waals surface area contributed by atoms with E-state index in [0.29, 0.717) is 11.5 Å². The lowest BCUT2D eigenvalue weighted by Gasteiger charge is -2.10. The van der Waals surface area contributed by atoms with Crippen molar-refractivity contribution in [1.29, 1.82) is 0 Å². The van der Waals surface area contributed by atoms with Crippen molar-refractivity contribution >= 4 is 23.0 Å². The van der Waals surface area contributed by atoms with E-state index in [-0.39, 0.29) is 12.0 Å². The normalized spacial score (nSPS) is 11.1. The van der Waals surface area contributed by atoms with E-state index in [9.17, 15) is 4.79 Å². The zero-order chi connectivity index (χ0) is 12.6. The van der Waals surface area contributed by atoms with Crippen LogP contribution in [-0.2, 0) is 4.74 Å².